The molecular weight excluding hydrogens is 244 g/mol. The van der Waals surface area contributed by atoms with Gasteiger partial charge in [0.2, 0.25) is 0 Å². The zero-order valence-electron chi connectivity index (χ0n) is 10.3. The van der Waals surface area contributed by atoms with E-state index >= 15 is 0 Å². The Labute approximate surface area is 105 Å². The van der Waals surface area contributed by atoms with Crippen molar-refractivity contribution < 1.29 is 19.4 Å². The number of carboxylic acids is 1. The second kappa shape index (κ2) is 6.83. The summed E-state index contributed by atoms with van der Waals surface area (Å²) < 4.78 is 5.08. The highest BCUT2D eigenvalue weighted by atomic mass is 32.2. The molecule has 6 nitrogen and oxygen atoms in total. The lowest BCUT2D eigenvalue weighted by atomic mass is 10.2. The monoisotopic (exact) mass is 264 g/mol. The van der Waals surface area contributed by atoms with Crippen molar-refractivity contribution in [2.45, 2.75) is 38.5 Å². The Morgan fingerprint density at radius 1 is 1.24 bits per heavy atom. The van der Waals surface area contributed by atoms with Crippen LogP contribution in [0.1, 0.15) is 20.8 Å². The summed E-state index contributed by atoms with van der Waals surface area (Å²) in [5.41, 5.74) is 10.3. The smallest absolute Gasteiger partial charge is 0.324 e. The first-order valence-electron chi connectivity index (χ1n) is 5.18. The number of thioether (sulfide) groups is 1. The van der Waals surface area contributed by atoms with Gasteiger partial charge in [0.1, 0.15) is 17.7 Å². The lowest BCUT2D eigenvalue weighted by molar-refractivity contribution is -0.155. The summed E-state index contributed by atoms with van der Waals surface area (Å²) in [4.78, 5) is 21.9. The van der Waals surface area contributed by atoms with Gasteiger partial charge in [-0.2, -0.15) is 11.8 Å². The maximum absolute atomic E-state index is 11.5. The zero-order valence-corrected chi connectivity index (χ0v) is 11.1. The second-order valence-corrected chi connectivity index (χ2v) is 5.70. The van der Waals surface area contributed by atoms with Gasteiger partial charge in [0.15, 0.2) is 0 Å². The standard InChI is InChI=1S/C10H20N2O4S/c1-10(2,3)16-9(15)7(12)5-17-4-6(11)8(13)14/h6-7H,4-5,11-12H2,1-3H3,(H,13,14)/t6-,7?/m0/s1. The van der Waals surface area contributed by atoms with E-state index in [1.165, 1.54) is 11.8 Å². The highest BCUT2D eigenvalue weighted by Gasteiger charge is 2.22. The van der Waals surface area contributed by atoms with E-state index in [0.717, 1.165) is 0 Å². The number of carbonyl (C=O) groups excluding carboxylic acids is 1. The molecule has 0 aromatic carbocycles. The van der Waals surface area contributed by atoms with Crippen molar-refractivity contribution in [1.29, 1.82) is 0 Å². The van der Waals surface area contributed by atoms with E-state index in [2.05, 4.69) is 0 Å². The summed E-state index contributed by atoms with van der Waals surface area (Å²) in [7, 11) is 0. The third-order valence-electron chi connectivity index (χ3n) is 1.62. The maximum atomic E-state index is 11.5. The van der Waals surface area contributed by atoms with Crippen LogP contribution in [0.4, 0.5) is 0 Å². The molecule has 0 aliphatic heterocycles. The predicted octanol–water partition coefficient (Wildman–Crippen LogP) is -0.199. The van der Waals surface area contributed by atoms with Crippen LogP contribution in [-0.2, 0) is 14.3 Å². The third kappa shape index (κ3) is 8.00. The lowest BCUT2D eigenvalue weighted by Gasteiger charge is -2.22. The Balaban J connectivity index is 3.90. The van der Waals surface area contributed by atoms with Gasteiger partial charge in [0, 0.05) is 11.5 Å². The van der Waals surface area contributed by atoms with Crippen molar-refractivity contribution in [1.82, 2.24) is 0 Å². The van der Waals surface area contributed by atoms with E-state index in [4.69, 9.17) is 21.3 Å². The van der Waals surface area contributed by atoms with Gasteiger partial charge in [-0.05, 0) is 20.8 Å². The average molecular weight is 264 g/mol. The summed E-state index contributed by atoms with van der Waals surface area (Å²) in [6, 6.07) is -1.70. The molecule has 0 amide bonds. The van der Waals surface area contributed by atoms with Crippen LogP contribution in [0.3, 0.4) is 0 Å². The fraction of sp³-hybridized carbons (Fsp3) is 0.800. The molecule has 0 saturated heterocycles. The first-order valence-corrected chi connectivity index (χ1v) is 6.33. The van der Waals surface area contributed by atoms with E-state index < -0.39 is 29.6 Å². The number of esters is 1. The van der Waals surface area contributed by atoms with Gasteiger partial charge in [-0.1, -0.05) is 0 Å². The largest absolute Gasteiger partial charge is 0.480 e. The minimum Gasteiger partial charge on any atom is -0.480 e. The molecule has 0 heterocycles. The number of hydrogen-bond donors (Lipinski definition) is 3. The molecule has 5 N–H and O–H groups in total. The molecule has 0 fully saturated rings. The van der Waals surface area contributed by atoms with Gasteiger partial charge in [0.05, 0.1) is 0 Å². The van der Waals surface area contributed by atoms with E-state index in [1.807, 2.05) is 0 Å². The number of hydrogen-bond acceptors (Lipinski definition) is 6. The molecule has 0 radical (unpaired) electrons. The number of ether oxygens (including phenoxy) is 1. The Hall–Kier alpha value is -0.790. The molecule has 0 aliphatic rings. The fourth-order valence-electron chi connectivity index (χ4n) is 0.839. The summed E-state index contributed by atoms with van der Waals surface area (Å²) in [5.74, 6) is -1.06. The van der Waals surface area contributed by atoms with Crippen molar-refractivity contribution in [2.24, 2.45) is 11.5 Å². The first kappa shape index (κ1) is 16.2. The topological polar surface area (TPSA) is 116 Å². The molecule has 0 spiro atoms. The van der Waals surface area contributed by atoms with Crippen LogP contribution >= 0.6 is 11.8 Å². The van der Waals surface area contributed by atoms with Crippen LogP contribution in [0, 0.1) is 0 Å². The quantitative estimate of drug-likeness (QED) is 0.569. The Morgan fingerprint density at radius 2 is 1.71 bits per heavy atom. The molecule has 0 aromatic rings. The summed E-state index contributed by atoms with van der Waals surface area (Å²) in [6.07, 6.45) is 0. The molecule has 7 heteroatoms. The van der Waals surface area contributed by atoms with Crippen LogP contribution < -0.4 is 11.5 Å². The molecule has 0 saturated carbocycles. The number of rotatable bonds is 6. The predicted molar refractivity (Wildman–Crippen MR) is 66.8 cm³/mol. The molecule has 0 bridgehead atoms. The van der Waals surface area contributed by atoms with Crippen LogP contribution in [0.2, 0.25) is 0 Å². The lowest BCUT2D eigenvalue weighted by Crippen LogP contribution is -2.40. The highest BCUT2D eigenvalue weighted by molar-refractivity contribution is 7.99. The van der Waals surface area contributed by atoms with Crippen LogP contribution in [0.15, 0.2) is 0 Å². The number of carbonyl (C=O) groups is 2. The van der Waals surface area contributed by atoms with E-state index in [9.17, 15) is 9.59 Å². The fourth-order valence-corrected chi connectivity index (χ4v) is 1.76. The maximum Gasteiger partial charge on any atom is 0.324 e. The third-order valence-corrected chi connectivity index (χ3v) is 2.81. The molecule has 0 aliphatic carbocycles. The van der Waals surface area contributed by atoms with E-state index in [1.54, 1.807) is 20.8 Å². The van der Waals surface area contributed by atoms with Crippen LogP contribution in [0.5, 0.6) is 0 Å². The minimum absolute atomic E-state index is 0.214. The molecule has 0 rings (SSSR count). The van der Waals surface area contributed by atoms with Crippen LogP contribution in [0.25, 0.3) is 0 Å². The Kier molecular flexibility index (Phi) is 6.51. The van der Waals surface area contributed by atoms with Gasteiger partial charge in [-0.25, -0.2) is 0 Å². The highest BCUT2D eigenvalue weighted by Crippen LogP contribution is 2.10. The molecule has 100 valence electrons. The molecule has 1 unspecified atom stereocenters. The number of nitrogens with two attached hydrogens (primary N) is 2. The summed E-state index contributed by atoms with van der Waals surface area (Å²) >= 11 is 1.22. The zero-order chi connectivity index (χ0) is 13.6. The van der Waals surface area contributed by atoms with Gasteiger partial charge >= 0.3 is 11.9 Å². The van der Waals surface area contributed by atoms with Crippen molar-refractivity contribution in [2.75, 3.05) is 11.5 Å². The van der Waals surface area contributed by atoms with Crippen molar-refractivity contribution in [3.05, 3.63) is 0 Å². The Bertz CT molecular complexity index is 278. The van der Waals surface area contributed by atoms with Crippen LogP contribution in [-0.4, -0.2) is 46.2 Å². The molecule has 17 heavy (non-hydrogen) atoms. The van der Waals surface area contributed by atoms with Crippen molar-refractivity contribution in [3.8, 4) is 0 Å². The summed E-state index contributed by atoms with van der Waals surface area (Å²) in [6.45, 7) is 5.27. The first-order chi connectivity index (χ1) is 7.63. The normalized spacial score (nSPS) is 15.1. The van der Waals surface area contributed by atoms with Gasteiger partial charge in [-0.3, -0.25) is 9.59 Å². The average Bonchev–Trinajstić information content (AvgIpc) is 2.14. The number of carboxylic acid groups (broad SMARTS) is 1. The molecule has 0 aromatic heterocycles. The van der Waals surface area contributed by atoms with E-state index in [0.29, 0.717) is 0 Å². The SMILES string of the molecule is CC(C)(C)OC(=O)C(N)CSC[C@H](N)C(=O)O. The Morgan fingerprint density at radius 3 is 2.12 bits per heavy atom. The van der Waals surface area contributed by atoms with Crippen molar-refractivity contribution in [3.63, 3.8) is 0 Å². The molecular formula is C10H20N2O4S. The molecule has 2 atom stereocenters. The van der Waals surface area contributed by atoms with Gasteiger partial charge < -0.3 is 21.3 Å². The van der Waals surface area contributed by atoms with Gasteiger partial charge in [-0.15, -0.1) is 0 Å². The minimum atomic E-state index is -1.07. The summed E-state index contributed by atoms with van der Waals surface area (Å²) in [5, 5.41) is 8.55. The van der Waals surface area contributed by atoms with Gasteiger partial charge in [0.25, 0.3) is 0 Å². The second-order valence-electron chi connectivity index (χ2n) is 4.62. The number of aliphatic carboxylic acids is 1. The van der Waals surface area contributed by atoms with Crippen molar-refractivity contribution >= 4 is 23.7 Å². The van der Waals surface area contributed by atoms with E-state index in [-0.39, 0.29) is 11.5 Å².